The van der Waals surface area contributed by atoms with E-state index in [1.807, 2.05) is 19.1 Å². The number of carbonyl (C=O) groups is 1. The second kappa shape index (κ2) is 4.68. The highest BCUT2D eigenvalue weighted by molar-refractivity contribution is 5.76. The molecule has 0 heterocycles. The number of amides is 1. The Bertz CT molecular complexity index is 364. The Morgan fingerprint density at radius 3 is 2.80 bits per heavy atom. The van der Waals surface area contributed by atoms with Gasteiger partial charge in [-0.1, -0.05) is 19.1 Å². The van der Waals surface area contributed by atoms with Gasteiger partial charge in [-0.25, -0.2) is 0 Å². The molecule has 0 aromatic heterocycles. The van der Waals surface area contributed by atoms with Crippen LogP contribution in [0.2, 0.25) is 0 Å². The van der Waals surface area contributed by atoms with Crippen LogP contribution in [-0.4, -0.2) is 12.5 Å². The van der Waals surface area contributed by atoms with Crippen LogP contribution < -0.4 is 16.2 Å². The number of nitrogens with two attached hydrogens (primary N) is 2. The van der Waals surface area contributed by atoms with Crippen LogP contribution in [0, 0.1) is 12.8 Å². The number of aryl methyl sites for hydroxylation is 1. The molecule has 4 heteroatoms. The third-order valence-corrected chi connectivity index (χ3v) is 2.26. The molecule has 1 aromatic rings. The molecule has 0 bridgehead atoms. The molecule has 1 unspecified atom stereocenters. The van der Waals surface area contributed by atoms with Gasteiger partial charge in [0.25, 0.3) is 0 Å². The summed E-state index contributed by atoms with van der Waals surface area (Å²) in [6, 6.07) is 5.53. The van der Waals surface area contributed by atoms with Crippen molar-refractivity contribution in [3.8, 4) is 5.75 Å². The minimum Gasteiger partial charge on any atom is -0.491 e. The molecule has 0 aliphatic rings. The molecule has 1 amide bonds. The number of nitrogen functional groups attached to an aromatic ring is 1. The summed E-state index contributed by atoms with van der Waals surface area (Å²) < 4.78 is 5.41. The van der Waals surface area contributed by atoms with Gasteiger partial charge in [0, 0.05) is 0 Å². The molecule has 0 fully saturated rings. The summed E-state index contributed by atoms with van der Waals surface area (Å²) in [5, 5.41) is 0. The first-order valence-electron chi connectivity index (χ1n) is 4.79. The zero-order valence-corrected chi connectivity index (χ0v) is 8.99. The van der Waals surface area contributed by atoms with Crippen LogP contribution in [0.5, 0.6) is 5.75 Å². The number of rotatable bonds is 4. The van der Waals surface area contributed by atoms with Crippen LogP contribution >= 0.6 is 0 Å². The van der Waals surface area contributed by atoms with Crippen LogP contribution in [0.25, 0.3) is 0 Å². The number of para-hydroxylation sites is 1. The molecule has 0 radical (unpaired) electrons. The second-order valence-corrected chi connectivity index (χ2v) is 3.60. The molecule has 4 N–H and O–H groups in total. The summed E-state index contributed by atoms with van der Waals surface area (Å²) in [6.07, 6.45) is 0. The Morgan fingerprint density at radius 1 is 1.53 bits per heavy atom. The van der Waals surface area contributed by atoms with E-state index in [0.717, 1.165) is 5.56 Å². The van der Waals surface area contributed by atoms with Gasteiger partial charge in [-0.05, 0) is 18.6 Å². The average molecular weight is 208 g/mol. The number of carbonyl (C=O) groups excluding carboxylic acids is 1. The predicted molar refractivity (Wildman–Crippen MR) is 59.4 cm³/mol. The summed E-state index contributed by atoms with van der Waals surface area (Å²) in [6.45, 7) is 3.87. The van der Waals surface area contributed by atoms with Gasteiger partial charge in [0.15, 0.2) is 0 Å². The molecule has 1 aromatic carbocycles. The smallest absolute Gasteiger partial charge is 0.223 e. The molecule has 1 atom stereocenters. The molecule has 0 aliphatic heterocycles. The maximum absolute atomic E-state index is 10.8. The standard InChI is InChI=1S/C11H16N2O2/c1-7-4-3-5-9(10(7)12)15-6-8(2)11(13)14/h3-5,8H,6,12H2,1-2H3,(H2,13,14). The van der Waals surface area contributed by atoms with Crippen molar-refractivity contribution in [2.45, 2.75) is 13.8 Å². The lowest BCUT2D eigenvalue weighted by Gasteiger charge is -2.12. The van der Waals surface area contributed by atoms with E-state index in [2.05, 4.69) is 0 Å². The topological polar surface area (TPSA) is 78.3 Å². The summed E-state index contributed by atoms with van der Waals surface area (Å²) in [5.74, 6) is -0.0887. The lowest BCUT2D eigenvalue weighted by Crippen LogP contribution is -2.25. The van der Waals surface area contributed by atoms with Gasteiger partial charge in [-0.3, -0.25) is 4.79 Å². The Morgan fingerprint density at radius 2 is 2.20 bits per heavy atom. The Balaban J connectivity index is 2.66. The molecule has 0 saturated carbocycles. The lowest BCUT2D eigenvalue weighted by atomic mass is 10.2. The Kier molecular flexibility index (Phi) is 3.55. The zero-order valence-electron chi connectivity index (χ0n) is 8.99. The Hall–Kier alpha value is -1.71. The van der Waals surface area contributed by atoms with E-state index in [1.165, 1.54) is 0 Å². The van der Waals surface area contributed by atoms with Gasteiger partial charge in [0.2, 0.25) is 5.91 Å². The zero-order chi connectivity index (χ0) is 11.4. The second-order valence-electron chi connectivity index (χ2n) is 3.60. The minimum atomic E-state index is -0.374. The third-order valence-electron chi connectivity index (χ3n) is 2.26. The minimum absolute atomic E-state index is 0.253. The fourth-order valence-electron chi connectivity index (χ4n) is 1.08. The summed E-state index contributed by atoms with van der Waals surface area (Å²) in [4.78, 5) is 10.8. The molecular formula is C11H16N2O2. The van der Waals surface area contributed by atoms with Gasteiger partial charge in [-0.15, -0.1) is 0 Å². The van der Waals surface area contributed by atoms with Gasteiger partial charge >= 0.3 is 0 Å². The first-order valence-corrected chi connectivity index (χ1v) is 4.79. The van der Waals surface area contributed by atoms with Crippen molar-refractivity contribution >= 4 is 11.6 Å². The van der Waals surface area contributed by atoms with E-state index in [0.29, 0.717) is 11.4 Å². The van der Waals surface area contributed by atoms with E-state index < -0.39 is 0 Å². The van der Waals surface area contributed by atoms with E-state index in [9.17, 15) is 4.79 Å². The van der Waals surface area contributed by atoms with Crippen LogP contribution in [0.3, 0.4) is 0 Å². The highest BCUT2D eigenvalue weighted by atomic mass is 16.5. The number of ether oxygens (including phenoxy) is 1. The SMILES string of the molecule is Cc1cccc(OCC(C)C(N)=O)c1N. The quantitative estimate of drug-likeness (QED) is 0.727. The van der Waals surface area contributed by atoms with Crippen molar-refractivity contribution < 1.29 is 9.53 Å². The Labute approximate surface area is 89.2 Å². The highest BCUT2D eigenvalue weighted by Crippen LogP contribution is 2.24. The molecular weight excluding hydrogens is 192 g/mol. The predicted octanol–water partition coefficient (Wildman–Crippen LogP) is 1.08. The van der Waals surface area contributed by atoms with Crippen LogP contribution in [0.4, 0.5) is 5.69 Å². The van der Waals surface area contributed by atoms with E-state index in [1.54, 1.807) is 13.0 Å². The maximum Gasteiger partial charge on any atom is 0.223 e. The maximum atomic E-state index is 10.8. The van der Waals surface area contributed by atoms with Crippen LogP contribution in [-0.2, 0) is 4.79 Å². The molecule has 15 heavy (non-hydrogen) atoms. The fourth-order valence-corrected chi connectivity index (χ4v) is 1.08. The molecule has 82 valence electrons. The van der Waals surface area contributed by atoms with Crippen LogP contribution in [0.15, 0.2) is 18.2 Å². The number of hydrogen-bond acceptors (Lipinski definition) is 3. The van der Waals surface area contributed by atoms with Gasteiger partial charge < -0.3 is 16.2 Å². The number of primary amides is 1. The van der Waals surface area contributed by atoms with Gasteiger partial charge in [-0.2, -0.15) is 0 Å². The van der Waals surface area contributed by atoms with Crippen molar-refractivity contribution in [1.29, 1.82) is 0 Å². The molecule has 1 rings (SSSR count). The largest absolute Gasteiger partial charge is 0.491 e. The van der Waals surface area contributed by atoms with Gasteiger partial charge in [0.1, 0.15) is 5.75 Å². The number of anilines is 1. The lowest BCUT2D eigenvalue weighted by molar-refractivity contribution is -0.122. The number of hydrogen-bond donors (Lipinski definition) is 2. The normalized spacial score (nSPS) is 12.1. The summed E-state index contributed by atoms with van der Waals surface area (Å²) in [7, 11) is 0. The van der Waals surface area contributed by atoms with Crippen molar-refractivity contribution in [2.24, 2.45) is 11.7 Å². The van der Waals surface area contributed by atoms with Crippen LogP contribution in [0.1, 0.15) is 12.5 Å². The first kappa shape index (κ1) is 11.4. The molecule has 0 saturated heterocycles. The monoisotopic (exact) mass is 208 g/mol. The molecule has 0 spiro atoms. The third kappa shape index (κ3) is 2.87. The molecule has 0 aliphatic carbocycles. The van der Waals surface area contributed by atoms with E-state index in [4.69, 9.17) is 16.2 Å². The van der Waals surface area contributed by atoms with Crippen molar-refractivity contribution in [2.75, 3.05) is 12.3 Å². The first-order chi connectivity index (χ1) is 7.02. The average Bonchev–Trinajstić information content (AvgIpc) is 2.19. The summed E-state index contributed by atoms with van der Waals surface area (Å²) in [5.41, 5.74) is 12.5. The molecule has 4 nitrogen and oxygen atoms in total. The van der Waals surface area contributed by atoms with E-state index in [-0.39, 0.29) is 18.4 Å². The fraction of sp³-hybridized carbons (Fsp3) is 0.364. The van der Waals surface area contributed by atoms with Gasteiger partial charge in [0.05, 0.1) is 18.2 Å². The van der Waals surface area contributed by atoms with Crippen molar-refractivity contribution in [3.05, 3.63) is 23.8 Å². The van der Waals surface area contributed by atoms with Crippen molar-refractivity contribution in [3.63, 3.8) is 0 Å². The van der Waals surface area contributed by atoms with E-state index >= 15 is 0 Å². The van der Waals surface area contributed by atoms with Crippen molar-refractivity contribution in [1.82, 2.24) is 0 Å². The summed E-state index contributed by atoms with van der Waals surface area (Å²) >= 11 is 0. The highest BCUT2D eigenvalue weighted by Gasteiger charge is 2.10. The number of benzene rings is 1.